The second-order valence-electron chi connectivity index (χ2n) is 5.47. The standard InChI is InChI=1S/C16H19N7O/c1-4-22-14(10-11(2)19-22)16(24)17-12(3)15-18-20-21-23(15)13-8-6-5-7-9-13/h5-10,12H,4H2,1-3H3,(H,17,24)/t12-/m1/s1. The van der Waals surface area contributed by atoms with Crippen molar-refractivity contribution in [1.29, 1.82) is 0 Å². The first-order valence-corrected chi connectivity index (χ1v) is 7.79. The number of aromatic nitrogens is 6. The second-order valence-corrected chi connectivity index (χ2v) is 5.47. The number of amides is 1. The fourth-order valence-electron chi connectivity index (χ4n) is 2.52. The van der Waals surface area contributed by atoms with E-state index in [4.69, 9.17) is 0 Å². The molecule has 2 aromatic heterocycles. The van der Waals surface area contributed by atoms with Crippen LogP contribution in [-0.4, -0.2) is 35.9 Å². The minimum absolute atomic E-state index is 0.201. The van der Waals surface area contributed by atoms with Crippen molar-refractivity contribution in [3.8, 4) is 5.69 Å². The van der Waals surface area contributed by atoms with E-state index < -0.39 is 0 Å². The maximum atomic E-state index is 12.5. The molecule has 24 heavy (non-hydrogen) atoms. The van der Waals surface area contributed by atoms with Crippen LogP contribution < -0.4 is 5.32 Å². The Kier molecular flexibility index (Phi) is 4.37. The number of aryl methyl sites for hydroxylation is 2. The van der Waals surface area contributed by atoms with E-state index in [2.05, 4.69) is 25.9 Å². The maximum absolute atomic E-state index is 12.5. The van der Waals surface area contributed by atoms with Crippen molar-refractivity contribution in [3.05, 3.63) is 53.6 Å². The lowest BCUT2D eigenvalue weighted by Gasteiger charge is -2.14. The number of carbonyl (C=O) groups excluding carboxylic acids is 1. The molecule has 0 radical (unpaired) electrons. The van der Waals surface area contributed by atoms with Gasteiger partial charge in [-0.1, -0.05) is 18.2 Å². The number of carbonyl (C=O) groups is 1. The molecule has 1 aromatic carbocycles. The van der Waals surface area contributed by atoms with E-state index in [1.807, 2.05) is 51.1 Å². The maximum Gasteiger partial charge on any atom is 0.270 e. The lowest BCUT2D eigenvalue weighted by molar-refractivity contribution is 0.0927. The van der Waals surface area contributed by atoms with Gasteiger partial charge in [0.2, 0.25) is 0 Å². The van der Waals surface area contributed by atoms with Crippen molar-refractivity contribution in [3.63, 3.8) is 0 Å². The van der Waals surface area contributed by atoms with Crippen molar-refractivity contribution >= 4 is 5.91 Å². The van der Waals surface area contributed by atoms with Crippen LogP contribution >= 0.6 is 0 Å². The van der Waals surface area contributed by atoms with Crippen molar-refractivity contribution < 1.29 is 4.79 Å². The Labute approximate surface area is 139 Å². The summed E-state index contributed by atoms with van der Waals surface area (Å²) in [4.78, 5) is 12.5. The first-order valence-electron chi connectivity index (χ1n) is 7.79. The summed E-state index contributed by atoms with van der Waals surface area (Å²) in [5.74, 6) is 0.362. The van der Waals surface area contributed by atoms with Crippen LogP contribution in [0.2, 0.25) is 0 Å². The van der Waals surface area contributed by atoms with Crippen LogP contribution in [0.5, 0.6) is 0 Å². The minimum atomic E-state index is -0.354. The summed E-state index contributed by atoms with van der Waals surface area (Å²) < 4.78 is 3.30. The second kappa shape index (κ2) is 6.61. The Bertz CT molecular complexity index is 837. The predicted molar refractivity (Wildman–Crippen MR) is 87.7 cm³/mol. The molecule has 0 unspecified atom stereocenters. The van der Waals surface area contributed by atoms with E-state index in [1.54, 1.807) is 15.4 Å². The molecule has 0 aliphatic rings. The van der Waals surface area contributed by atoms with Crippen LogP contribution in [0.3, 0.4) is 0 Å². The van der Waals surface area contributed by atoms with Gasteiger partial charge in [-0.3, -0.25) is 9.48 Å². The number of tetrazole rings is 1. The first-order chi connectivity index (χ1) is 11.6. The number of rotatable bonds is 5. The van der Waals surface area contributed by atoms with Gasteiger partial charge in [0.15, 0.2) is 5.82 Å². The van der Waals surface area contributed by atoms with E-state index in [0.717, 1.165) is 11.4 Å². The number of nitrogens with one attached hydrogen (secondary N) is 1. The van der Waals surface area contributed by atoms with Crippen molar-refractivity contribution in [2.45, 2.75) is 33.4 Å². The fraction of sp³-hybridized carbons (Fsp3) is 0.312. The molecule has 0 fully saturated rings. The smallest absolute Gasteiger partial charge is 0.270 e. The Morgan fingerprint density at radius 2 is 2.04 bits per heavy atom. The van der Waals surface area contributed by atoms with Gasteiger partial charge in [0.25, 0.3) is 5.91 Å². The molecule has 0 spiro atoms. The van der Waals surface area contributed by atoms with E-state index in [0.29, 0.717) is 18.1 Å². The van der Waals surface area contributed by atoms with Gasteiger partial charge in [-0.05, 0) is 49.4 Å². The first kappa shape index (κ1) is 15.9. The third-order valence-corrected chi connectivity index (χ3v) is 3.66. The van der Waals surface area contributed by atoms with Gasteiger partial charge in [-0.2, -0.15) is 9.78 Å². The molecule has 0 saturated carbocycles. The Balaban J connectivity index is 1.82. The highest BCUT2D eigenvalue weighted by molar-refractivity contribution is 5.92. The summed E-state index contributed by atoms with van der Waals surface area (Å²) in [7, 11) is 0. The topological polar surface area (TPSA) is 90.5 Å². The van der Waals surface area contributed by atoms with E-state index >= 15 is 0 Å². The highest BCUT2D eigenvalue weighted by Crippen LogP contribution is 2.14. The number of hydrogen-bond donors (Lipinski definition) is 1. The largest absolute Gasteiger partial charge is 0.341 e. The molecule has 3 rings (SSSR count). The summed E-state index contributed by atoms with van der Waals surface area (Å²) in [6.45, 7) is 6.29. The third kappa shape index (κ3) is 3.03. The third-order valence-electron chi connectivity index (χ3n) is 3.66. The molecule has 0 bridgehead atoms. The summed E-state index contributed by atoms with van der Waals surface area (Å²) in [5, 5.41) is 19.0. The quantitative estimate of drug-likeness (QED) is 0.770. The van der Waals surface area contributed by atoms with E-state index in [1.165, 1.54) is 0 Å². The molecule has 8 nitrogen and oxygen atoms in total. The van der Waals surface area contributed by atoms with Gasteiger partial charge < -0.3 is 5.32 Å². The summed E-state index contributed by atoms with van der Waals surface area (Å²) in [6, 6.07) is 11.0. The van der Waals surface area contributed by atoms with Crippen LogP contribution in [0.4, 0.5) is 0 Å². The summed E-state index contributed by atoms with van der Waals surface area (Å²) in [6.07, 6.45) is 0. The van der Waals surface area contributed by atoms with Gasteiger partial charge >= 0.3 is 0 Å². The highest BCUT2D eigenvalue weighted by atomic mass is 16.2. The Morgan fingerprint density at radius 1 is 1.29 bits per heavy atom. The van der Waals surface area contributed by atoms with E-state index in [9.17, 15) is 4.79 Å². The molecule has 8 heteroatoms. The monoisotopic (exact) mass is 325 g/mol. The molecule has 0 aliphatic carbocycles. The molecule has 3 aromatic rings. The van der Waals surface area contributed by atoms with Crippen LogP contribution in [0, 0.1) is 6.92 Å². The predicted octanol–water partition coefficient (Wildman–Crippen LogP) is 1.68. The molecular weight excluding hydrogens is 306 g/mol. The molecule has 124 valence electrons. The average Bonchev–Trinajstić information content (AvgIpc) is 3.22. The average molecular weight is 325 g/mol. The number of nitrogens with zero attached hydrogens (tertiary/aromatic N) is 6. The fourth-order valence-corrected chi connectivity index (χ4v) is 2.52. The number of hydrogen-bond acceptors (Lipinski definition) is 5. The number of para-hydroxylation sites is 1. The zero-order valence-electron chi connectivity index (χ0n) is 13.8. The number of benzene rings is 1. The Morgan fingerprint density at radius 3 is 2.75 bits per heavy atom. The molecule has 1 atom stereocenters. The molecule has 1 N–H and O–H groups in total. The molecular formula is C16H19N7O. The van der Waals surface area contributed by atoms with Crippen molar-refractivity contribution in [2.75, 3.05) is 0 Å². The zero-order chi connectivity index (χ0) is 17.1. The zero-order valence-corrected chi connectivity index (χ0v) is 13.8. The SMILES string of the molecule is CCn1nc(C)cc1C(=O)N[C@H](C)c1nnnn1-c1ccccc1. The molecule has 0 saturated heterocycles. The summed E-state index contributed by atoms with van der Waals surface area (Å²) >= 11 is 0. The van der Waals surface area contributed by atoms with Crippen molar-refractivity contribution in [2.24, 2.45) is 0 Å². The van der Waals surface area contributed by atoms with Gasteiger partial charge in [0.1, 0.15) is 5.69 Å². The van der Waals surface area contributed by atoms with E-state index in [-0.39, 0.29) is 11.9 Å². The van der Waals surface area contributed by atoms with Crippen LogP contribution in [0.25, 0.3) is 5.69 Å². The van der Waals surface area contributed by atoms with Crippen LogP contribution in [0.1, 0.15) is 41.9 Å². The summed E-state index contributed by atoms with van der Waals surface area (Å²) in [5.41, 5.74) is 2.18. The van der Waals surface area contributed by atoms with Crippen LogP contribution in [-0.2, 0) is 6.54 Å². The molecule has 1 amide bonds. The van der Waals surface area contributed by atoms with Gasteiger partial charge in [-0.15, -0.1) is 5.10 Å². The van der Waals surface area contributed by atoms with Gasteiger partial charge in [-0.25, -0.2) is 0 Å². The molecule has 0 aliphatic heterocycles. The molecule has 2 heterocycles. The normalized spacial score (nSPS) is 12.1. The van der Waals surface area contributed by atoms with Crippen LogP contribution in [0.15, 0.2) is 36.4 Å². The minimum Gasteiger partial charge on any atom is -0.341 e. The highest BCUT2D eigenvalue weighted by Gasteiger charge is 2.20. The van der Waals surface area contributed by atoms with Gasteiger partial charge in [0, 0.05) is 6.54 Å². The Hall–Kier alpha value is -3.03. The lowest BCUT2D eigenvalue weighted by Crippen LogP contribution is -2.30. The van der Waals surface area contributed by atoms with Crippen molar-refractivity contribution in [1.82, 2.24) is 35.3 Å². The lowest BCUT2D eigenvalue weighted by atomic mass is 10.2. The van der Waals surface area contributed by atoms with Gasteiger partial charge in [0.05, 0.1) is 17.4 Å².